The highest BCUT2D eigenvalue weighted by atomic mass is 16.3. The van der Waals surface area contributed by atoms with Gasteiger partial charge < -0.3 is 15.7 Å². The first-order chi connectivity index (χ1) is 7.90. The maximum absolute atomic E-state index is 11.9. The second-order valence-electron chi connectivity index (χ2n) is 4.53. The van der Waals surface area contributed by atoms with Crippen molar-refractivity contribution in [2.45, 2.75) is 32.5 Å². The van der Waals surface area contributed by atoms with Gasteiger partial charge in [-0.2, -0.15) is 0 Å². The number of amides is 1. The average Bonchev–Trinajstić information content (AvgIpc) is 2.75. The third-order valence-electron chi connectivity index (χ3n) is 2.76. The first-order valence-corrected chi connectivity index (χ1v) is 5.37. The zero-order chi connectivity index (χ0) is 13.1. The Morgan fingerprint density at radius 2 is 2.29 bits per heavy atom. The molecule has 0 saturated carbocycles. The molecule has 7 heteroatoms. The Balaban J connectivity index is 2.66. The van der Waals surface area contributed by atoms with Gasteiger partial charge in [-0.3, -0.25) is 4.79 Å². The van der Waals surface area contributed by atoms with Gasteiger partial charge in [0.25, 0.3) is 0 Å². The Hall–Kier alpha value is -1.47. The standard InChI is InChI=1S/C10H19N5O2/c1-10(2,7-16)14(3)9(17)6-15-5-8(4-11)12-13-15/h5,16H,4,6-7,11H2,1-3H3. The summed E-state index contributed by atoms with van der Waals surface area (Å²) in [6.45, 7) is 3.87. The van der Waals surface area contributed by atoms with Crippen molar-refractivity contribution in [3.8, 4) is 0 Å². The lowest BCUT2D eigenvalue weighted by Crippen LogP contribution is -2.48. The molecule has 3 N–H and O–H groups in total. The fourth-order valence-corrected chi connectivity index (χ4v) is 1.20. The number of likely N-dealkylation sites (N-methyl/N-ethyl adjacent to an activating group) is 1. The number of aliphatic hydroxyl groups excluding tert-OH is 1. The summed E-state index contributed by atoms with van der Waals surface area (Å²) >= 11 is 0. The van der Waals surface area contributed by atoms with Crippen LogP contribution in [0, 0.1) is 0 Å². The molecule has 0 atom stereocenters. The molecule has 0 aliphatic heterocycles. The van der Waals surface area contributed by atoms with E-state index in [1.807, 2.05) is 0 Å². The molecule has 0 aliphatic rings. The Bertz CT molecular complexity index is 388. The van der Waals surface area contributed by atoms with Crippen molar-refractivity contribution in [2.75, 3.05) is 13.7 Å². The van der Waals surface area contributed by atoms with Crippen LogP contribution in [0.15, 0.2) is 6.20 Å². The van der Waals surface area contributed by atoms with E-state index in [0.717, 1.165) is 0 Å². The molecule has 1 heterocycles. The zero-order valence-electron chi connectivity index (χ0n) is 10.4. The van der Waals surface area contributed by atoms with Gasteiger partial charge in [0, 0.05) is 13.6 Å². The molecule has 0 bridgehead atoms. The first kappa shape index (κ1) is 13.6. The molecule has 0 radical (unpaired) electrons. The monoisotopic (exact) mass is 241 g/mol. The van der Waals surface area contributed by atoms with Crippen LogP contribution in [0.2, 0.25) is 0 Å². The minimum atomic E-state index is -0.589. The lowest BCUT2D eigenvalue weighted by molar-refractivity contribution is -0.136. The quantitative estimate of drug-likeness (QED) is 0.686. The van der Waals surface area contributed by atoms with Gasteiger partial charge >= 0.3 is 0 Å². The average molecular weight is 241 g/mol. The summed E-state index contributed by atoms with van der Waals surface area (Å²) in [5.41, 5.74) is 5.45. The third-order valence-corrected chi connectivity index (χ3v) is 2.76. The first-order valence-electron chi connectivity index (χ1n) is 5.37. The van der Waals surface area contributed by atoms with Crippen LogP contribution in [0.4, 0.5) is 0 Å². The fourth-order valence-electron chi connectivity index (χ4n) is 1.20. The van der Waals surface area contributed by atoms with Gasteiger partial charge in [-0.25, -0.2) is 4.68 Å². The summed E-state index contributed by atoms with van der Waals surface area (Å²) < 4.78 is 1.44. The topological polar surface area (TPSA) is 97.3 Å². The predicted octanol–water partition coefficient (Wildman–Crippen LogP) is -1.03. The molecule has 1 amide bonds. The van der Waals surface area contributed by atoms with E-state index in [1.54, 1.807) is 27.1 Å². The molecule has 0 fully saturated rings. The molecule has 17 heavy (non-hydrogen) atoms. The second kappa shape index (κ2) is 5.24. The summed E-state index contributed by atoms with van der Waals surface area (Å²) in [7, 11) is 1.65. The number of aromatic nitrogens is 3. The van der Waals surface area contributed by atoms with Crippen molar-refractivity contribution in [1.29, 1.82) is 0 Å². The fraction of sp³-hybridized carbons (Fsp3) is 0.700. The number of nitrogens with zero attached hydrogens (tertiary/aromatic N) is 4. The minimum Gasteiger partial charge on any atom is -0.394 e. The molecule has 96 valence electrons. The lowest BCUT2D eigenvalue weighted by Gasteiger charge is -2.33. The van der Waals surface area contributed by atoms with Gasteiger partial charge in [0.05, 0.1) is 24.0 Å². The summed E-state index contributed by atoms with van der Waals surface area (Å²) in [5.74, 6) is -0.141. The normalized spacial score (nSPS) is 11.6. The number of carbonyl (C=O) groups is 1. The summed E-state index contributed by atoms with van der Waals surface area (Å²) in [5, 5.41) is 16.8. The third kappa shape index (κ3) is 3.24. The molecular formula is C10H19N5O2. The second-order valence-corrected chi connectivity index (χ2v) is 4.53. The zero-order valence-corrected chi connectivity index (χ0v) is 10.4. The number of aliphatic hydroxyl groups is 1. The molecule has 1 aromatic heterocycles. The molecule has 0 aliphatic carbocycles. The van der Waals surface area contributed by atoms with Crippen molar-refractivity contribution in [3.63, 3.8) is 0 Å². The van der Waals surface area contributed by atoms with Gasteiger partial charge in [-0.15, -0.1) is 5.10 Å². The molecule has 1 aromatic rings. The van der Waals surface area contributed by atoms with Crippen LogP contribution < -0.4 is 5.73 Å². The van der Waals surface area contributed by atoms with Gasteiger partial charge in [0.2, 0.25) is 5.91 Å². The number of hydrogen-bond donors (Lipinski definition) is 2. The van der Waals surface area contributed by atoms with E-state index >= 15 is 0 Å². The van der Waals surface area contributed by atoms with Gasteiger partial charge in [-0.1, -0.05) is 5.21 Å². The smallest absolute Gasteiger partial charge is 0.244 e. The van der Waals surface area contributed by atoms with Crippen LogP contribution in [0.5, 0.6) is 0 Å². The molecule has 1 rings (SSSR count). The summed E-state index contributed by atoms with van der Waals surface area (Å²) in [4.78, 5) is 13.4. The highest BCUT2D eigenvalue weighted by Gasteiger charge is 2.26. The van der Waals surface area contributed by atoms with E-state index in [9.17, 15) is 9.90 Å². The van der Waals surface area contributed by atoms with Crippen molar-refractivity contribution >= 4 is 5.91 Å². The Kier molecular flexibility index (Phi) is 4.19. The van der Waals surface area contributed by atoms with E-state index in [1.165, 1.54) is 9.58 Å². The highest BCUT2D eigenvalue weighted by molar-refractivity contribution is 5.76. The van der Waals surface area contributed by atoms with Crippen molar-refractivity contribution < 1.29 is 9.90 Å². The number of carbonyl (C=O) groups excluding carboxylic acids is 1. The maximum atomic E-state index is 11.9. The van der Waals surface area contributed by atoms with Crippen LogP contribution in [-0.2, 0) is 17.9 Å². The minimum absolute atomic E-state index is 0.0902. The number of hydrogen-bond acceptors (Lipinski definition) is 5. The van der Waals surface area contributed by atoms with E-state index in [0.29, 0.717) is 12.2 Å². The van der Waals surface area contributed by atoms with E-state index in [-0.39, 0.29) is 19.1 Å². The molecule has 0 saturated heterocycles. The summed E-state index contributed by atoms with van der Waals surface area (Å²) in [6.07, 6.45) is 1.64. The SMILES string of the molecule is CN(C(=O)Cn1cc(CN)nn1)C(C)(C)CO. The van der Waals surface area contributed by atoms with E-state index in [2.05, 4.69) is 10.3 Å². The van der Waals surface area contributed by atoms with Crippen LogP contribution >= 0.6 is 0 Å². The molecule has 0 aromatic carbocycles. The highest BCUT2D eigenvalue weighted by Crippen LogP contribution is 2.11. The predicted molar refractivity (Wildman–Crippen MR) is 61.8 cm³/mol. The number of rotatable bonds is 5. The Morgan fingerprint density at radius 3 is 2.76 bits per heavy atom. The summed E-state index contributed by atoms with van der Waals surface area (Å²) in [6, 6.07) is 0. The van der Waals surface area contributed by atoms with Gasteiger partial charge in [0.15, 0.2) is 0 Å². The van der Waals surface area contributed by atoms with Gasteiger partial charge in [0.1, 0.15) is 6.54 Å². The van der Waals surface area contributed by atoms with Crippen LogP contribution in [0.25, 0.3) is 0 Å². The van der Waals surface area contributed by atoms with Crippen LogP contribution in [0.3, 0.4) is 0 Å². The maximum Gasteiger partial charge on any atom is 0.244 e. The van der Waals surface area contributed by atoms with E-state index in [4.69, 9.17) is 5.73 Å². The molecular weight excluding hydrogens is 222 g/mol. The van der Waals surface area contributed by atoms with Crippen molar-refractivity contribution in [3.05, 3.63) is 11.9 Å². The number of nitrogens with two attached hydrogens (primary N) is 1. The molecule has 0 spiro atoms. The van der Waals surface area contributed by atoms with Gasteiger partial charge in [-0.05, 0) is 13.8 Å². The Labute approximate surface area is 100 Å². The van der Waals surface area contributed by atoms with E-state index < -0.39 is 5.54 Å². The van der Waals surface area contributed by atoms with Crippen LogP contribution in [0.1, 0.15) is 19.5 Å². The largest absolute Gasteiger partial charge is 0.394 e. The molecule has 7 nitrogen and oxygen atoms in total. The van der Waals surface area contributed by atoms with Crippen molar-refractivity contribution in [2.24, 2.45) is 5.73 Å². The lowest BCUT2D eigenvalue weighted by atomic mass is 10.1. The Morgan fingerprint density at radius 1 is 1.65 bits per heavy atom. The van der Waals surface area contributed by atoms with Crippen LogP contribution in [-0.4, -0.2) is 50.1 Å². The van der Waals surface area contributed by atoms with Crippen molar-refractivity contribution in [1.82, 2.24) is 19.9 Å². The molecule has 0 unspecified atom stereocenters.